The molecule has 0 aromatic carbocycles. The fourth-order valence-corrected chi connectivity index (χ4v) is 3.40. The predicted octanol–water partition coefficient (Wildman–Crippen LogP) is 0.679. The third-order valence-electron chi connectivity index (χ3n) is 5.19. The summed E-state index contributed by atoms with van der Waals surface area (Å²) in [7, 11) is 0. The zero-order chi connectivity index (χ0) is 22.6. The van der Waals surface area contributed by atoms with Crippen molar-refractivity contribution in [1.29, 1.82) is 0 Å². The van der Waals surface area contributed by atoms with Gasteiger partial charge in [-0.1, -0.05) is 13.8 Å². The van der Waals surface area contributed by atoms with E-state index < -0.39 is 42.4 Å². The Labute approximate surface area is 178 Å². The molecule has 2 saturated carbocycles. The molecule has 0 saturated heterocycles. The minimum Gasteiger partial charge on any atom is -0.444 e. The van der Waals surface area contributed by atoms with E-state index in [2.05, 4.69) is 16.0 Å². The molecule has 5 N–H and O–H groups in total. The van der Waals surface area contributed by atoms with Crippen LogP contribution in [0.2, 0.25) is 0 Å². The molecule has 2 aliphatic rings. The van der Waals surface area contributed by atoms with Gasteiger partial charge in [-0.15, -0.1) is 0 Å². The molecule has 0 spiro atoms. The van der Waals surface area contributed by atoms with Gasteiger partial charge in [-0.05, 0) is 58.3 Å². The smallest absolute Gasteiger partial charge is 0.408 e. The molecule has 0 aromatic rings. The van der Waals surface area contributed by atoms with E-state index in [0.717, 1.165) is 12.8 Å². The van der Waals surface area contributed by atoms with Gasteiger partial charge in [0.15, 0.2) is 0 Å². The van der Waals surface area contributed by atoms with Crippen LogP contribution in [-0.2, 0) is 14.3 Å². The summed E-state index contributed by atoms with van der Waals surface area (Å²) in [5.74, 6) is -1.06. The van der Waals surface area contributed by atoms with E-state index in [9.17, 15) is 24.6 Å². The number of nitrogens with one attached hydrogen (secondary N) is 3. The van der Waals surface area contributed by atoms with Gasteiger partial charge in [0, 0.05) is 12.0 Å². The number of ether oxygens (including phenoxy) is 1. The van der Waals surface area contributed by atoms with E-state index in [1.54, 1.807) is 20.8 Å². The zero-order valence-electron chi connectivity index (χ0n) is 18.6. The number of hydrogen-bond acceptors (Lipinski definition) is 6. The monoisotopic (exact) mass is 427 g/mol. The Bertz CT molecular complexity index is 629. The van der Waals surface area contributed by atoms with Crippen LogP contribution in [0.15, 0.2) is 0 Å². The molecule has 0 unspecified atom stereocenters. The van der Waals surface area contributed by atoms with E-state index in [1.165, 1.54) is 0 Å². The zero-order valence-corrected chi connectivity index (χ0v) is 18.6. The number of aliphatic hydroxyl groups excluding tert-OH is 2. The summed E-state index contributed by atoms with van der Waals surface area (Å²) in [6, 6.07) is -1.54. The second-order valence-electron chi connectivity index (χ2n) is 9.91. The number of alkyl carbamates (subject to hydrolysis) is 1. The Morgan fingerprint density at radius 1 is 1.13 bits per heavy atom. The molecular formula is C21H37N3O6. The molecule has 2 fully saturated rings. The SMILES string of the molecule is CC(C)C[C@H](NC(=O)OC(C)(C)C)C(=O)N[C@@H](CO)[C@H](O)[C@@H]1C[C@@H]1C(=O)NC1CC1. The Balaban J connectivity index is 1.92. The van der Waals surface area contributed by atoms with Crippen LogP contribution in [0.4, 0.5) is 4.79 Å². The predicted molar refractivity (Wildman–Crippen MR) is 110 cm³/mol. The van der Waals surface area contributed by atoms with Gasteiger partial charge in [0.05, 0.1) is 18.8 Å². The molecule has 5 atom stereocenters. The maximum absolute atomic E-state index is 12.8. The Hall–Kier alpha value is -1.87. The van der Waals surface area contributed by atoms with Crippen molar-refractivity contribution in [3.05, 3.63) is 0 Å². The highest BCUT2D eigenvalue weighted by atomic mass is 16.6. The van der Waals surface area contributed by atoms with E-state index in [0.29, 0.717) is 12.8 Å². The minimum atomic E-state index is -1.05. The van der Waals surface area contributed by atoms with Crippen molar-refractivity contribution in [2.45, 2.75) is 90.1 Å². The molecule has 172 valence electrons. The summed E-state index contributed by atoms with van der Waals surface area (Å²) in [6.45, 7) is 8.56. The summed E-state index contributed by atoms with van der Waals surface area (Å²) >= 11 is 0. The minimum absolute atomic E-state index is 0.0751. The highest BCUT2D eigenvalue weighted by Crippen LogP contribution is 2.43. The van der Waals surface area contributed by atoms with Crippen molar-refractivity contribution in [1.82, 2.24) is 16.0 Å². The molecule has 0 bridgehead atoms. The van der Waals surface area contributed by atoms with Gasteiger partial charge in [0.25, 0.3) is 0 Å². The first-order valence-corrected chi connectivity index (χ1v) is 10.8. The van der Waals surface area contributed by atoms with Crippen molar-refractivity contribution >= 4 is 17.9 Å². The van der Waals surface area contributed by atoms with Gasteiger partial charge in [-0.25, -0.2) is 4.79 Å². The van der Waals surface area contributed by atoms with Crippen molar-refractivity contribution in [2.75, 3.05) is 6.61 Å². The topological polar surface area (TPSA) is 137 Å². The van der Waals surface area contributed by atoms with Crippen molar-refractivity contribution in [3.63, 3.8) is 0 Å². The second kappa shape index (κ2) is 9.96. The maximum atomic E-state index is 12.8. The van der Waals surface area contributed by atoms with Crippen LogP contribution >= 0.6 is 0 Å². The summed E-state index contributed by atoms with van der Waals surface area (Å²) < 4.78 is 5.23. The second-order valence-corrected chi connectivity index (χ2v) is 9.91. The normalized spacial score (nSPS) is 23.9. The molecule has 9 nitrogen and oxygen atoms in total. The number of rotatable bonds is 10. The van der Waals surface area contributed by atoms with E-state index in [1.807, 2.05) is 13.8 Å². The first-order valence-electron chi connectivity index (χ1n) is 10.8. The van der Waals surface area contributed by atoms with Crippen molar-refractivity contribution < 1.29 is 29.3 Å². The molecular weight excluding hydrogens is 390 g/mol. The van der Waals surface area contributed by atoms with Crippen LogP contribution in [0.25, 0.3) is 0 Å². The first kappa shape index (κ1) is 24.4. The highest BCUT2D eigenvalue weighted by molar-refractivity contribution is 5.86. The van der Waals surface area contributed by atoms with Gasteiger partial charge >= 0.3 is 6.09 Å². The Morgan fingerprint density at radius 2 is 1.77 bits per heavy atom. The summed E-state index contributed by atoms with van der Waals surface area (Å²) in [5, 5.41) is 28.4. The fraction of sp³-hybridized carbons (Fsp3) is 0.857. The van der Waals surface area contributed by atoms with Gasteiger partial charge in [0.1, 0.15) is 11.6 Å². The number of hydrogen-bond donors (Lipinski definition) is 5. The van der Waals surface area contributed by atoms with Crippen LogP contribution in [0.5, 0.6) is 0 Å². The first-order chi connectivity index (χ1) is 13.9. The summed E-state index contributed by atoms with van der Waals surface area (Å²) in [6.07, 6.45) is 1.12. The number of aliphatic hydroxyl groups is 2. The van der Waals surface area contributed by atoms with Crippen LogP contribution in [0.1, 0.15) is 60.3 Å². The van der Waals surface area contributed by atoms with Crippen molar-refractivity contribution in [2.24, 2.45) is 17.8 Å². The molecule has 0 aliphatic heterocycles. The molecule has 0 heterocycles. The molecule has 0 radical (unpaired) electrons. The summed E-state index contributed by atoms with van der Waals surface area (Å²) in [4.78, 5) is 37.0. The van der Waals surface area contributed by atoms with Gasteiger partial charge in [0.2, 0.25) is 11.8 Å². The third kappa shape index (κ3) is 7.75. The van der Waals surface area contributed by atoms with Crippen LogP contribution in [-0.4, -0.2) is 64.6 Å². The van der Waals surface area contributed by atoms with Crippen LogP contribution in [0.3, 0.4) is 0 Å². The van der Waals surface area contributed by atoms with Gasteiger partial charge < -0.3 is 30.9 Å². The van der Waals surface area contributed by atoms with E-state index >= 15 is 0 Å². The maximum Gasteiger partial charge on any atom is 0.408 e. The largest absolute Gasteiger partial charge is 0.444 e. The summed E-state index contributed by atoms with van der Waals surface area (Å²) in [5.41, 5.74) is -0.700. The van der Waals surface area contributed by atoms with E-state index in [4.69, 9.17) is 4.74 Å². The highest BCUT2D eigenvalue weighted by Gasteiger charge is 2.50. The van der Waals surface area contributed by atoms with Crippen molar-refractivity contribution in [3.8, 4) is 0 Å². The van der Waals surface area contributed by atoms with Gasteiger partial charge in [-0.2, -0.15) is 0 Å². The Kier molecular flexibility index (Phi) is 8.10. The molecule has 30 heavy (non-hydrogen) atoms. The van der Waals surface area contributed by atoms with Crippen LogP contribution < -0.4 is 16.0 Å². The fourth-order valence-electron chi connectivity index (χ4n) is 3.40. The number of amides is 3. The number of carbonyl (C=O) groups excluding carboxylic acids is 3. The lowest BCUT2D eigenvalue weighted by molar-refractivity contribution is -0.126. The van der Waals surface area contributed by atoms with Gasteiger partial charge in [-0.3, -0.25) is 9.59 Å². The lowest BCUT2D eigenvalue weighted by Crippen LogP contribution is -2.55. The quantitative estimate of drug-likeness (QED) is 0.348. The Morgan fingerprint density at radius 3 is 2.27 bits per heavy atom. The average Bonchev–Trinajstić information content (AvgIpc) is 3.49. The third-order valence-corrected chi connectivity index (χ3v) is 5.19. The molecule has 0 aromatic heterocycles. The lowest BCUT2D eigenvalue weighted by Gasteiger charge is -2.27. The average molecular weight is 428 g/mol. The number of carbonyl (C=O) groups is 3. The molecule has 3 amide bonds. The standard InChI is InChI=1S/C21H37N3O6/c1-11(2)8-15(24-20(29)30-21(3,4)5)19(28)23-16(10-25)17(26)13-9-14(13)18(27)22-12-6-7-12/h11-17,25-26H,6-10H2,1-5H3,(H,22,27)(H,23,28)(H,24,29)/t13-,14+,15+,16+,17-/m1/s1. The molecule has 2 aliphatic carbocycles. The molecule has 9 heteroatoms. The molecule has 2 rings (SSSR count). The lowest BCUT2D eigenvalue weighted by atomic mass is 10.0. The van der Waals surface area contributed by atoms with Crippen LogP contribution in [0, 0.1) is 17.8 Å². The van der Waals surface area contributed by atoms with E-state index in [-0.39, 0.29) is 29.7 Å².